The van der Waals surface area contributed by atoms with Crippen molar-refractivity contribution in [2.24, 2.45) is 0 Å². The van der Waals surface area contributed by atoms with Gasteiger partial charge in [-0.2, -0.15) is 0 Å². The number of hydrogen-bond donors (Lipinski definition) is 0. The lowest BCUT2D eigenvalue weighted by Gasteiger charge is -2.31. The lowest BCUT2D eigenvalue weighted by Crippen LogP contribution is -2.42. The molecule has 0 saturated carbocycles. The van der Waals surface area contributed by atoms with E-state index in [1.807, 2.05) is 24.3 Å². The van der Waals surface area contributed by atoms with Crippen LogP contribution in [0.25, 0.3) is 0 Å². The van der Waals surface area contributed by atoms with E-state index in [4.69, 9.17) is 16.3 Å². The number of halogens is 1. The molecule has 30 heavy (non-hydrogen) atoms. The molecule has 0 aliphatic carbocycles. The Labute approximate surface area is 180 Å². The summed E-state index contributed by atoms with van der Waals surface area (Å²) in [4.78, 5) is 41.0. The maximum Gasteiger partial charge on any atom is 0.338 e. The largest absolute Gasteiger partial charge is 0.449 e. The van der Waals surface area contributed by atoms with Crippen LogP contribution in [0, 0.1) is 0 Å². The SMILES string of the molecule is C[C@@H](OC(=O)c1ccc(Cl)c(N2CCCC2=O)c1)C(=O)N1CCCc2ccccc21. The number of carbonyl (C=O) groups is 3. The molecule has 156 valence electrons. The predicted molar refractivity (Wildman–Crippen MR) is 115 cm³/mol. The molecule has 6 nitrogen and oxygen atoms in total. The molecule has 2 aromatic rings. The molecule has 0 unspecified atom stereocenters. The molecule has 7 heteroatoms. The van der Waals surface area contributed by atoms with E-state index in [0.29, 0.717) is 30.2 Å². The molecule has 0 aromatic heterocycles. The van der Waals surface area contributed by atoms with Crippen LogP contribution in [0.2, 0.25) is 5.02 Å². The third kappa shape index (κ3) is 3.92. The Morgan fingerprint density at radius 2 is 1.80 bits per heavy atom. The smallest absolute Gasteiger partial charge is 0.338 e. The number of esters is 1. The molecular formula is C23H23ClN2O4. The van der Waals surface area contributed by atoms with Gasteiger partial charge >= 0.3 is 5.97 Å². The highest BCUT2D eigenvalue weighted by molar-refractivity contribution is 6.34. The summed E-state index contributed by atoms with van der Waals surface area (Å²) in [5.41, 5.74) is 2.75. The fraction of sp³-hybridized carbons (Fsp3) is 0.348. The van der Waals surface area contributed by atoms with Gasteiger partial charge in [0.1, 0.15) is 0 Å². The molecule has 0 N–H and O–H groups in total. The van der Waals surface area contributed by atoms with Crippen molar-refractivity contribution in [3.63, 3.8) is 0 Å². The van der Waals surface area contributed by atoms with Gasteiger partial charge in [0.15, 0.2) is 6.10 Å². The summed E-state index contributed by atoms with van der Waals surface area (Å²) < 4.78 is 5.47. The molecule has 2 aliphatic heterocycles. The lowest BCUT2D eigenvalue weighted by atomic mass is 10.0. The van der Waals surface area contributed by atoms with Gasteiger partial charge in [-0.25, -0.2) is 4.79 Å². The third-order valence-electron chi connectivity index (χ3n) is 5.55. The van der Waals surface area contributed by atoms with Crippen molar-refractivity contribution in [2.45, 2.75) is 38.7 Å². The van der Waals surface area contributed by atoms with Crippen molar-refractivity contribution >= 4 is 40.8 Å². The van der Waals surface area contributed by atoms with Crippen LogP contribution in [0.3, 0.4) is 0 Å². The van der Waals surface area contributed by atoms with Crippen molar-refractivity contribution < 1.29 is 19.1 Å². The van der Waals surface area contributed by atoms with Crippen molar-refractivity contribution in [1.29, 1.82) is 0 Å². The number of anilines is 2. The van der Waals surface area contributed by atoms with E-state index in [1.165, 1.54) is 0 Å². The molecular weight excluding hydrogens is 404 g/mol. The summed E-state index contributed by atoms with van der Waals surface area (Å²) in [6.45, 7) is 2.75. The highest BCUT2D eigenvalue weighted by Gasteiger charge is 2.29. The first-order valence-electron chi connectivity index (χ1n) is 10.2. The summed E-state index contributed by atoms with van der Waals surface area (Å²) in [7, 11) is 0. The van der Waals surface area contributed by atoms with Crippen LogP contribution in [0.1, 0.15) is 42.1 Å². The topological polar surface area (TPSA) is 66.9 Å². The number of nitrogens with zero attached hydrogens (tertiary/aromatic N) is 2. The van der Waals surface area contributed by atoms with E-state index in [1.54, 1.807) is 34.9 Å². The van der Waals surface area contributed by atoms with Gasteiger partial charge in [0, 0.05) is 25.2 Å². The Hall–Kier alpha value is -2.86. The molecule has 0 bridgehead atoms. The van der Waals surface area contributed by atoms with Gasteiger partial charge in [0.2, 0.25) is 5.91 Å². The molecule has 0 spiro atoms. The maximum atomic E-state index is 13.0. The van der Waals surface area contributed by atoms with E-state index in [0.717, 1.165) is 30.5 Å². The number of fused-ring (bicyclic) bond motifs is 1. The number of para-hydroxylation sites is 1. The number of rotatable bonds is 4. The molecule has 1 atom stereocenters. The zero-order valence-electron chi connectivity index (χ0n) is 16.8. The summed E-state index contributed by atoms with van der Waals surface area (Å²) in [6, 6.07) is 12.5. The maximum absolute atomic E-state index is 13.0. The van der Waals surface area contributed by atoms with Crippen molar-refractivity contribution in [2.75, 3.05) is 22.9 Å². The van der Waals surface area contributed by atoms with E-state index >= 15 is 0 Å². The van der Waals surface area contributed by atoms with Crippen LogP contribution in [-0.4, -0.2) is 37.0 Å². The molecule has 2 aliphatic rings. The Morgan fingerprint density at radius 3 is 2.57 bits per heavy atom. The lowest BCUT2D eigenvalue weighted by molar-refractivity contribution is -0.126. The van der Waals surface area contributed by atoms with Gasteiger partial charge in [0.05, 0.1) is 16.3 Å². The number of amides is 2. The Bertz CT molecular complexity index is 1010. The molecule has 2 heterocycles. The monoisotopic (exact) mass is 426 g/mol. The molecule has 1 fully saturated rings. The zero-order valence-corrected chi connectivity index (χ0v) is 17.5. The van der Waals surface area contributed by atoms with Gasteiger partial charge in [0.25, 0.3) is 5.91 Å². The van der Waals surface area contributed by atoms with Crippen LogP contribution in [0.15, 0.2) is 42.5 Å². The van der Waals surface area contributed by atoms with Crippen molar-refractivity contribution in [1.82, 2.24) is 0 Å². The third-order valence-corrected chi connectivity index (χ3v) is 5.87. The van der Waals surface area contributed by atoms with Crippen LogP contribution in [0.4, 0.5) is 11.4 Å². The average molecular weight is 427 g/mol. The van der Waals surface area contributed by atoms with Crippen LogP contribution in [0.5, 0.6) is 0 Å². The summed E-state index contributed by atoms with van der Waals surface area (Å²) in [5, 5.41) is 0.399. The number of ether oxygens (including phenoxy) is 1. The second-order valence-electron chi connectivity index (χ2n) is 7.58. The average Bonchev–Trinajstić information content (AvgIpc) is 3.18. The summed E-state index contributed by atoms with van der Waals surface area (Å²) in [6.07, 6.45) is 2.09. The number of carbonyl (C=O) groups excluding carboxylic acids is 3. The minimum atomic E-state index is -0.934. The first-order chi connectivity index (χ1) is 14.5. The molecule has 2 aromatic carbocycles. The minimum absolute atomic E-state index is 0.0188. The van der Waals surface area contributed by atoms with Gasteiger partial charge in [-0.1, -0.05) is 29.8 Å². The number of aryl methyl sites for hydroxylation is 1. The highest BCUT2D eigenvalue weighted by atomic mass is 35.5. The molecule has 0 radical (unpaired) electrons. The van der Waals surface area contributed by atoms with Gasteiger partial charge in [-0.15, -0.1) is 0 Å². The predicted octanol–water partition coefficient (Wildman–Crippen LogP) is 3.99. The minimum Gasteiger partial charge on any atom is -0.449 e. The first-order valence-corrected chi connectivity index (χ1v) is 10.5. The normalized spacial score (nSPS) is 16.9. The fourth-order valence-corrected chi connectivity index (χ4v) is 4.23. The molecule has 4 rings (SSSR count). The van der Waals surface area contributed by atoms with Crippen molar-refractivity contribution in [3.8, 4) is 0 Å². The Morgan fingerprint density at radius 1 is 1.03 bits per heavy atom. The second kappa shape index (κ2) is 8.48. The second-order valence-corrected chi connectivity index (χ2v) is 7.99. The Kier molecular flexibility index (Phi) is 5.77. The fourth-order valence-electron chi connectivity index (χ4n) is 4.01. The quantitative estimate of drug-likeness (QED) is 0.693. The summed E-state index contributed by atoms with van der Waals surface area (Å²) >= 11 is 6.25. The van der Waals surface area contributed by atoms with Gasteiger partial charge < -0.3 is 14.5 Å². The number of hydrogen-bond acceptors (Lipinski definition) is 4. The van der Waals surface area contributed by atoms with Crippen LogP contribution < -0.4 is 9.80 Å². The number of benzene rings is 2. The highest BCUT2D eigenvalue weighted by Crippen LogP contribution is 2.31. The van der Waals surface area contributed by atoms with Crippen LogP contribution in [-0.2, 0) is 20.7 Å². The first kappa shape index (κ1) is 20.4. The standard InChI is InChI=1S/C23H23ClN2O4/c1-15(22(28)26-13-4-7-16-6-2-3-8-19(16)26)30-23(29)17-10-11-18(24)20(14-17)25-12-5-9-21(25)27/h2-3,6,8,10-11,14-15H,4-5,7,9,12-13H2,1H3/t15-/m1/s1. The van der Waals surface area contributed by atoms with Crippen LogP contribution >= 0.6 is 11.6 Å². The van der Waals surface area contributed by atoms with E-state index in [2.05, 4.69) is 0 Å². The van der Waals surface area contributed by atoms with E-state index < -0.39 is 12.1 Å². The van der Waals surface area contributed by atoms with E-state index in [9.17, 15) is 14.4 Å². The zero-order chi connectivity index (χ0) is 21.3. The molecule has 1 saturated heterocycles. The van der Waals surface area contributed by atoms with Gasteiger partial charge in [-0.3, -0.25) is 9.59 Å². The van der Waals surface area contributed by atoms with Gasteiger partial charge in [-0.05, 0) is 56.0 Å². The Balaban J connectivity index is 1.49. The summed E-state index contributed by atoms with van der Waals surface area (Å²) in [5.74, 6) is -0.889. The van der Waals surface area contributed by atoms with Crippen molar-refractivity contribution in [3.05, 3.63) is 58.6 Å². The van der Waals surface area contributed by atoms with E-state index in [-0.39, 0.29) is 17.4 Å². The molecule has 2 amide bonds.